The number of hydrogen-bond donors (Lipinski definition) is 2. The third-order valence-electron chi connectivity index (χ3n) is 2.19. The molecule has 0 unspecified atom stereocenters. The lowest BCUT2D eigenvalue weighted by Gasteiger charge is -2.11. The van der Waals surface area contributed by atoms with Crippen LogP contribution in [0.4, 0.5) is 5.82 Å². The van der Waals surface area contributed by atoms with Gasteiger partial charge in [-0.1, -0.05) is 19.4 Å². The molecule has 1 rings (SSSR count). The van der Waals surface area contributed by atoms with E-state index in [1.807, 2.05) is 26.0 Å². The van der Waals surface area contributed by atoms with Crippen LogP contribution in [-0.2, 0) is 4.79 Å². The lowest BCUT2D eigenvalue weighted by molar-refractivity contribution is -0.117. The van der Waals surface area contributed by atoms with Crippen molar-refractivity contribution in [2.75, 3.05) is 5.32 Å². The Labute approximate surface area is 89.9 Å². The number of carbonyl (C=O) groups excluding carboxylic acids is 1. The Bertz CT molecular complexity index is 338. The lowest BCUT2D eigenvalue weighted by atomic mass is 10.1. The molecular formula is C11H17N3O. The second-order valence-electron chi connectivity index (χ2n) is 3.55. The summed E-state index contributed by atoms with van der Waals surface area (Å²) >= 11 is 0. The average Bonchev–Trinajstić information content (AvgIpc) is 2.21. The van der Waals surface area contributed by atoms with Crippen LogP contribution in [0.3, 0.4) is 0 Å². The molecule has 0 aliphatic carbocycles. The van der Waals surface area contributed by atoms with Crippen molar-refractivity contribution >= 4 is 11.7 Å². The number of hydrogen-bond acceptors (Lipinski definition) is 3. The minimum atomic E-state index is -0.448. The van der Waals surface area contributed by atoms with Crippen molar-refractivity contribution < 1.29 is 4.79 Å². The maximum Gasteiger partial charge on any atom is 0.242 e. The molecular weight excluding hydrogens is 190 g/mol. The SMILES string of the molecule is CCC[C@@H](N)C(=O)Nc1ncccc1C. The number of nitrogens with two attached hydrogens (primary N) is 1. The highest BCUT2D eigenvalue weighted by atomic mass is 16.2. The van der Waals surface area contributed by atoms with Crippen LogP contribution in [0.25, 0.3) is 0 Å². The van der Waals surface area contributed by atoms with E-state index < -0.39 is 6.04 Å². The molecule has 82 valence electrons. The normalized spacial score (nSPS) is 12.2. The summed E-state index contributed by atoms with van der Waals surface area (Å²) in [5.41, 5.74) is 6.63. The highest BCUT2D eigenvalue weighted by molar-refractivity contribution is 5.94. The molecule has 0 saturated heterocycles. The molecule has 0 bridgehead atoms. The summed E-state index contributed by atoms with van der Waals surface area (Å²) in [6.07, 6.45) is 3.24. The Morgan fingerprint density at radius 2 is 2.40 bits per heavy atom. The summed E-state index contributed by atoms with van der Waals surface area (Å²) in [7, 11) is 0. The fourth-order valence-corrected chi connectivity index (χ4v) is 1.27. The predicted molar refractivity (Wildman–Crippen MR) is 60.5 cm³/mol. The van der Waals surface area contributed by atoms with Crippen LogP contribution in [0.15, 0.2) is 18.3 Å². The molecule has 0 spiro atoms. The number of anilines is 1. The summed E-state index contributed by atoms with van der Waals surface area (Å²) < 4.78 is 0. The summed E-state index contributed by atoms with van der Waals surface area (Å²) in [4.78, 5) is 15.7. The topological polar surface area (TPSA) is 68.0 Å². The van der Waals surface area contributed by atoms with Gasteiger partial charge in [-0.15, -0.1) is 0 Å². The average molecular weight is 207 g/mol. The van der Waals surface area contributed by atoms with Gasteiger partial charge in [-0.25, -0.2) is 4.98 Å². The van der Waals surface area contributed by atoms with E-state index in [0.717, 1.165) is 12.0 Å². The first-order valence-corrected chi connectivity index (χ1v) is 5.13. The molecule has 0 radical (unpaired) electrons. The summed E-state index contributed by atoms with van der Waals surface area (Å²) in [5.74, 6) is 0.424. The number of rotatable bonds is 4. The Hall–Kier alpha value is -1.42. The largest absolute Gasteiger partial charge is 0.320 e. The summed E-state index contributed by atoms with van der Waals surface area (Å²) in [6, 6.07) is 3.28. The number of aryl methyl sites for hydroxylation is 1. The van der Waals surface area contributed by atoms with Gasteiger partial charge in [0.15, 0.2) is 0 Å². The maximum atomic E-state index is 11.6. The predicted octanol–water partition coefficient (Wildman–Crippen LogP) is 1.46. The zero-order valence-corrected chi connectivity index (χ0v) is 9.16. The zero-order valence-electron chi connectivity index (χ0n) is 9.16. The van der Waals surface area contributed by atoms with Crippen molar-refractivity contribution in [3.05, 3.63) is 23.9 Å². The fourth-order valence-electron chi connectivity index (χ4n) is 1.27. The molecule has 0 aromatic carbocycles. The second-order valence-corrected chi connectivity index (χ2v) is 3.55. The monoisotopic (exact) mass is 207 g/mol. The maximum absolute atomic E-state index is 11.6. The van der Waals surface area contributed by atoms with E-state index in [0.29, 0.717) is 12.2 Å². The lowest BCUT2D eigenvalue weighted by Crippen LogP contribution is -2.35. The number of amides is 1. The van der Waals surface area contributed by atoms with E-state index in [9.17, 15) is 4.79 Å². The Morgan fingerprint density at radius 3 is 3.00 bits per heavy atom. The zero-order chi connectivity index (χ0) is 11.3. The van der Waals surface area contributed by atoms with Crippen molar-refractivity contribution in [1.29, 1.82) is 0 Å². The number of nitrogens with one attached hydrogen (secondary N) is 1. The molecule has 15 heavy (non-hydrogen) atoms. The van der Waals surface area contributed by atoms with Crippen molar-refractivity contribution in [1.82, 2.24) is 4.98 Å². The van der Waals surface area contributed by atoms with E-state index in [4.69, 9.17) is 5.73 Å². The molecule has 4 nitrogen and oxygen atoms in total. The summed E-state index contributed by atoms with van der Waals surface area (Å²) in [6.45, 7) is 3.90. The smallest absolute Gasteiger partial charge is 0.242 e. The standard InChI is InChI=1S/C11H17N3O/c1-3-5-9(12)11(15)14-10-8(2)6-4-7-13-10/h4,6-7,9H,3,5,12H2,1-2H3,(H,13,14,15)/t9-/m1/s1. The van der Waals surface area contributed by atoms with E-state index in [1.165, 1.54) is 0 Å². The van der Waals surface area contributed by atoms with Gasteiger partial charge < -0.3 is 11.1 Å². The van der Waals surface area contributed by atoms with Gasteiger partial charge >= 0.3 is 0 Å². The summed E-state index contributed by atoms with van der Waals surface area (Å²) in [5, 5.41) is 2.72. The molecule has 1 amide bonds. The van der Waals surface area contributed by atoms with E-state index in [2.05, 4.69) is 10.3 Å². The van der Waals surface area contributed by atoms with Gasteiger partial charge in [-0.2, -0.15) is 0 Å². The van der Waals surface area contributed by atoms with Crippen LogP contribution in [0, 0.1) is 6.92 Å². The highest BCUT2D eigenvalue weighted by Crippen LogP contribution is 2.09. The van der Waals surface area contributed by atoms with Crippen LogP contribution in [0.2, 0.25) is 0 Å². The first-order chi connectivity index (χ1) is 7.15. The first kappa shape index (κ1) is 11.7. The van der Waals surface area contributed by atoms with Crippen LogP contribution in [0.5, 0.6) is 0 Å². The van der Waals surface area contributed by atoms with Crippen molar-refractivity contribution in [3.8, 4) is 0 Å². The van der Waals surface area contributed by atoms with Gasteiger partial charge in [-0.3, -0.25) is 4.79 Å². The van der Waals surface area contributed by atoms with E-state index in [-0.39, 0.29) is 5.91 Å². The Kier molecular flexibility index (Phi) is 4.24. The van der Waals surface area contributed by atoms with Crippen LogP contribution in [0.1, 0.15) is 25.3 Å². The van der Waals surface area contributed by atoms with Gasteiger partial charge in [0.25, 0.3) is 0 Å². The van der Waals surface area contributed by atoms with Gasteiger partial charge in [0.05, 0.1) is 6.04 Å². The second kappa shape index (κ2) is 5.46. The van der Waals surface area contributed by atoms with Gasteiger partial charge in [0.2, 0.25) is 5.91 Å². The molecule has 4 heteroatoms. The quantitative estimate of drug-likeness (QED) is 0.785. The number of pyridine rings is 1. The third-order valence-corrected chi connectivity index (χ3v) is 2.19. The Morgan fingerprint density at radius 1 is 1.67 bits per heavy atom. The third kappa shape index (κ3) is 3.32. The first-order valence-electron chi connectivity index (χ1n) is 5.13. The van der Waals surface area contributed by atoms with Crippen molar-refractivity contribution in [2.45, 2.75) is 32.7 Å². The number of nitrogens with zero attached hydrogens (tertiary/aromatic N) is 1. The molecule has 0 aliphatic heterocycles. The molecule has 0 saturated carbocycles. The minimum absolute atomic E-state index is 0.168. The van der Waals surface area contributed by atoms with Crippen LogP contribution < -0.4 is 11.1 Å². The van der Waals surface area contributed by atoms with Gasteiger partial charge in [0, 0.05) is 6.20 Å². The minimum Gasteiger partial charge on any atom is -0.320 e. The van der Waals surface area contributed by atoms with Crippen molar-refractivity contribution in [2.24, 2.45) is 5.73 Å². The van der Waals surface area contributed by atoms with Crippen LogP contribution in [-0.4, -0.2) is 16.9 Å². The van der Waals surface area contributed by atoms with Crippen molar-refractivity contribution in [3.63, 3.8) is 0 Å². The Balaban J connectivity index is 2.62. The molecule has 1 heterocycles. The van der Waals surface area contributed by atoms with E-state index >= 15 is 0 Å². The van der Waals surface area contributed by atoms with Gasteiger partial charge in [-0.05, 0) is 25.0 Å². The molecule has 1 aromatic rings. The molecule has 0 aliphatic rings. The molecule has 3 N–H and O–H groups in total. The van der Waals surface area contributed by atoms with E-state index in [1.54, 1.807) is 6.20 Å². The molecule has 0 fully saturated rings. The van der Waals surface area contributed by atoms with Crippen LogP contribution >= 0.6 is 0 Å². The highest BCUT2D eigenvalue weighted by Gasteiger charge is 2.13. The number of carbonyl (C=O) groups is 1. The molecule has 1 atom stereocenters. The fraction of sp³-hybridized carbons (Fsp3) is 0.455. The number of aromatic nitrogens is 1. The van der Waals surface area contributed by atoms with Gasteiger partial charge in [0.1, 0.15) is 5.82 Å². The molecule has 1 aromatic heterocycles.